The molecule has 0 radical (unpaired) electrons. The van der Waals surface area contributed by atoms with Crippen LogP contribution in [0.15, 0.2) is 48.7 Å². The van der Waals surface area contributed by atoms with E-state index in [9.17, 15) is 4.79 Å². The van der Waals surface area contributed by atoms with Crippen molar-refractivity contribution in [2.45, 2.75) is 13.3 Å². The Morgan fingerprint density at radius 3 is 2.87 bits per heavy atom. The number of halogens is 1. The van der Waals surface area contributed by atoms with Crippen molar-refractivity contribution in [2.75, 3.05) is 5.32 Å². The van der Waals surface area contributed by atoms with Gasteiger partial charge in [0.2, 0.25) is 5.91 Å². The number of pyridine rings is 1. The Hall–Kier alpha value is -2.24. The first-order valence-corrected chi connectivity index (χ1v) is 8.24. The Bertz CT molecular complexity index is 833. The minimum absolute atomic E-state index is 0.0911. The molecule has 116 valence electrons. The average molecular weight is 344 g/mol. The fourth-order valence-electron chi connectivity index (χ4n) is 2.11. The van der Waals surface area contributed by atoms with Crippen molar-refractivity contribution < 1.29 is 4.79 Å². The summed E-state index contributed by atoms with van der Waals surface area (Å²) < 4.78 is 0. The predicted octanol–water partition coefficient (Wildman–Crippen LogP) is 4.35. The summed E-state index contributed by atoms with van der Waals surface area (Å²) in [4.78, 5) is 21.9. The third-order valence-corrected chi connectivity index (χ3v) is 4.62. The summed E-state index contributed by atoms with van der Waals surface area (Å²) in [6.45, 7) is 1.91. The second-order valence-corrected chi connectivity index (χ2v) is 6.50. The lowest BCUT2D eigenvalue weighted by Crippen LogP contribution is -2.14. The molecule has 0 saturated heterocycles. The summed E-state index contributed by atoms with van der Waals surface area (Å²) in [5, 5.41) is 4.27. The maximum atomic E-state index is 12.2. The van der Waals surface area contributed by atoms with Crippen molar-refractivity contribution >= 4 is 34.5 Å². The highest BCUT2D eigenvalue weighted by molar-refractivity contribution is 7.15. The largest absolute Gasteiger partial charge is 0.326 e. The van der Waals surface area contributed by atoms with Crippen LogP contribution in [0.2, 0.25) is 5.02 Å². The van der Waals surface area contributed by atoms with E-state index in [-0.39, 0.29) is 12.3 Å². The number of hydrogen-bond acceptors (Lipinski definition) is 4. The minimum atomic E-state index is -0.0911. The lowest BCUT2D eigenvalue weighted by atomic mass is 10.2. The molecule has 0 aliphatic heterocycles. The molecule has 1 amide bonds. The number of nitrogens with zero attached hydrogens (tertiary/aromatic N) is 2. The quantitative estimate of drug-likeness (QED) is 0.766. The molecule has 0 unspecified atom stereocenters. The zero-order chi connectivity index (χ0) is 16.2. The number of anilines is 1. The van der Waals surface area contributed by atoms with Gasteiger partial charge in [-0.05, 0) is 37.3 Å². The summed E-state index contributed by atoms with van der Waals surface area (Å²) in [7, 11) is 0. The van der Waals surface area contributed by atoms with E-state index in [4.69, 9.17) is 11.6 Å². The molecule has 0 saturated carbocycles. The number of thiazole rings is 1. The standard InChI is InChI=1S/C17H14ClN3OS/c1-11-15(23-17(20-11)14-7-2-3-8-19-14)10-16(22)21-13-6-4-5-12(18)9-13/h2-9H,10H2,1H3,(H,21,22). The van der Waals surface area contributed by atoms with Gasteiger partial charge >= 0.3 is 0 Å². The maximum Gasteiger partial charge on any atom is 0.229 e. The second kappa shape index (κ2) is 6.89. The molecule has 0 fully saturated rings. The van der Waals surface area contributed by atoms with E-state index in [2.05, 4.69) is 15.3 Å². The lowest BCUT2D eigenvalue weighted by molar-refractivity contribution is -0.115. The SMILES string of the molecule is Cc1nc(-c2ccccn2)sc1CC(=O)Nc1cccc(Cl)c1. The number of nitrogens with one attached hydrogen (secondary N) is 1. The van der Waals surface area contributed by atoms with Crippen molar-refractivity contribution in [3.63, 3.8) is 0 Å². The Morgan fingerprint density at radius 1 is 1.26 bits per heavy atom. The first-order valence-electron chi connectivity index (χ1n) is 7.05. The number of aromatic nitrogens is 2. The first kappa shape index (κ1) is 15.6. The molecule has 0 aliphatic rings. The zero-order valence-corrected chi connectivity index (χ0v) is 14.0. The summed E-state index contributed by atoms with van der Waals surface area (Å²) in [5.41, 5.74) is 2.37. The van der Waals surface area contributed by atoms with E-state index in [0.717, 1.165) is 21.3 Å². The number of hydrogen-bond donors (Lipinski definition) is 1. The van der Waals surface area contributed by atoms with E-state index in [1.54, 1.807) is 24.4 Å². The van der Waals surface area contributed by atoms with Gasteiger partial charge in [-0.15, -0.1) is 11.3 Å². The van der Waals surface area contributed by atoms with Crippen LogP contribution in [0, 0.1) is 6.92 Å². The molecule has 0 aliphatic carbocycles. The highest BCUT2D eigenvalue weighted by atomic mass is 35.5. The van der Waals surface area contributed by atoms with Crippen LogP contribution < -0.4 is 5.32 Å². The van der Waals surface area contributed by atoms with Crippen LogP contribution in [0.3, 0.4) is 0 Å². The molecule has 3 rings (SSSR count). The smallest absolute Gasteiger partial charge is 0.229 e. The molecule has 6 heteroatoms. The molecule has 0 spiro atoms. The summed E-state index contributed by atoms with van der Waals surface area (Å²) >= 11 is 7.41. The molecule has 4 nitrogen and oxygen atoms in total. The number of carbonyl (C=O) groups is 1. The number of carbonyl (C=O) groups excluding carboxylic acids is 1. The third kappa shape index (κ3) is 3.94. The van der Waals surface area contributed by atoms with Gasteiger partial charge in [-0.25, -0.2) is 4.98 Å². The van der Waals surface area contributed by atoms with Crippen LogP contribution in [0.5, 0.6) is 0 Å². The fraction of sp³-hybridized carbons (Fsp3) is 0.118. The van der Waals surface area contributed by atoms with Crippen molar-refractivity contribution in [1.29, 1.82) is 0 Å². The van der Waals surface area contributed by atoms with Gasteiger partial charge in [0.1, 0.15) is 5.01 Å². The summed E-state index contributed by atoms with van der Waals surface area (Å²) in [5.74, 6) is -0.0911. The normalized spacial score (nSPS) is 10.5. The van der Waals surface area contributed by atoms with Crippen molar-refractivity contribution in [1.82, 2.24) is 9.97 Å². The Morgan fingerprint density at radius 2 is 2.13 bits per heavy atom. The Balaban J connectivity index is 1.73. The number of amides is 1. The van der Waals surface area contributed by atoms with Crippen molar-refractivity contribution in [3.8, 4) is 10.7 Å². The van der Waals surface area contributed by atoms with Gasteiger partial charge in [-0.1, -0.05) is 23.7 Å². The van der Waals surface area contributed by atoms with Crippen LogP contribution in [0.4, 0.5) is 5.69 Å². The zero-order valence-electron chi connectivity index (χ0n) is 12.4. The Labute approximate surface area is 143 Å². The molecule has 1 N–H and O–H groups in total. The molecule has 2 heterocycles. The molecule has 2 aromatic heterocycles. The molecule has 23 heavy (non-hydrogen) atoms. The fourth-order valence-corrected chi connectivity index (χ4v) is 3.34. The molecular weight excluding hydrogens is 330 g/mol. The highest BCUT2D eigenvalue weighted by Crippen LogP contribution is 2.27. The Kier molecular flexibility index (Phi) is 4.69. The predicted molar refractivity (Wildman–Crippen MR) is 93.9 cm³/mol. The lowest BCUT2D eigenvalue weighted by Gasteiger charge is -2.04. The van der Waals surface area contributed by atoms with Crippen LogP contribution >= 0.6 is 22.9 Å². The highest BCUT2D eigenvalue weighted by Gasteiger charge is 2.13. The van der Waals surface area contributed by atoms with Gasteiger partial charge in [-0.3, -0.25) is 9.78 Å². The van der Waals surface area contributed by atoms with E-state index < -0.39 is 0 Å². The van der Waals surface area contributed by atoms with E-state index in [1.165, 1.54) is 11.3 Å². The monoisotopic (exact) mass is 343 g/mol. The van der Waals surface area contributed by atoms with Crippen LogP contribution in [0.25, 0.3) is 10.7 Å². The van der Waals surface area contributed by atoms with Crippen LogP contribution in [-0.4, -0.2) is 15.9 Å². The average Bonchev–Trinajstić information content (AvgIpc) is 2.89. The van der Waals surface area contributed by atoms with Gasteiger partial charge in [0.25, 0.3) is 0 Å². The molecule has 1 aromatic carbocycles. The van der Waals surface area contributed by atoms with Gasteiger partial charge in [0.15, 0.2) is 0 Å². The number of benzene rings is 1. The third-order valence-electron chi connectivity index (χ3n) is 3.21. The van der Waals surface area contributed by atoms with Gasteiger partial charge in [-0.2, -0.15) is 0 Å². The topological polar surface area (TPSA) is 54.9 Å². The number of aryl methyl sites for hydroxylation is 1. The van der Waals surface area contributed by atoms with Crippen molar-refractivity contribution in [2.24, 2.45) is 0 Å². The van der Waals surface area contributed by atoms with Gasteiger partial charge in [0, 0.05) is 21.8 Å². The van der Waals surface area contributed by atoms with Crippen LogP contribution in [-0.2, 0) is 11.2 Å². The van der Waals surface area contributed by atoms with Crippen LogP contribution in [0.1, 0.15) is 10.6 Å². The first-order chi connectivity index (χ1) is 11.1. The van der Waals surface area contributed by atoms with E-state index in [0.29, 0.717) is 10.7 Å². The second-order valence-electron chi connectivity index (χ2n) is 4.98. The van der Waals surface area contributed by atoms with E-state index >= 15 is 0 Å². The van der Waals surface area contributed by atoms with Gasteiger partial charge in [0.05, 0.1) is 17.8 Å². The van der Waals surface area contributed by atoms with Crippen molar-refractivity contribution in [3.05, 3.63) is 64.3 Å². The number of rotatable bonds is 4. The van der Waals surface area contributed by atoms with Gasteiger partial charge < -0.3 is 5.32 Å². The molecular formula is C17H14ClN3OS. The molecule has 0 bridgehead atoms. The summed E-state index contributed by atoms with van der Waals surface area (Å²) in [6, 6.07) is 12.8. The maximum absolute atomic E-state index is 12.2. The minimum Gasteiger partial charge on any atom is -0.326 e. The summed E-state index contributed by atoms with van der Waals surface area (Å²) in [6.07, 6.45) is 2.01. The molecule has 3 aromatic rings. The van der Waals surface area contributed by atoms with E-state index in [1.807, 2.05) is 31.2 Å². The molecule has 0 atom stereocenters.